The van der Waals surface area contributed by atoms with Gasteiger partial charge in [0.1, 0.15) is 0 Å². The van der Waals surface area contributed by atoms with Gasteiger partial charge in [0.15, 0.2) is 0 Å². The first-order valence-electron chi connectivity index (χ1n) is 7.88. The lowest BCUT2D eigenvalue weighted by Crippen LogP contribution is -2.54. The molecule has 140 valence electrons. The molecule has 1 aromatic rings. The number of nitrogens with zero attached hydrogens (tertiary/aromatic N) is 3. The third-order valence-corrected chi connectivity index (χ3v) is 5.17. The van der Waals surface area contributed by atoms with Crippen LogP contribution in [0, 0.1) is 6.92 Å². The Labute approximate surface area is 166 Å². The molecule has 0 aromatic carbocycles. The Morgan fingerprint density at radius 3 is 2.50 bits per heavy atom. The fourth-order valence-electron chi connectivity index (χ4n) is 3.12. The normalized spacial score (nSPS) is 21.2. The molecule has 3 heterocycles. The average molecular weight is 418 g/mol. The second kappa shape index (κ2) is 11.5. The second-order valence-electron chi connectivity index (χ2n) is 5.96. The monoisotopic (exact) mass is 416 g/mol. The van der Waals surface area contributed by atoms with Crippen LogP contribution in [0.3, 0.4) is 0 Å². The van der Waals surface area contributed by atoms with Gasteiger partial charge in [-0.05, 0) is 26.3 Å². The Hall–Kier alpha value is -0.110. The number of hydrogen-bond donors (Lipinski definition) is 1. The van der Waals surface area contributed by atoms with E-state index in [1.807, 2.05) is 11.8 Å². The Morgan fingerprint density at radius 2 is 1.96 bits per heavy atom. The molecule has 2 saturated heterocycles. The highest BCUT2D eigenvalue weighted by atomic mass is 35.5. The number of carbonyl (C=O) groups is 1. The van der Waals surface area contributed by atoms with Gasteiger partial charge >= 0.3 is 0 Å². The van der Waals surface area contributed by atoms with E-state index in [9.17, 15) is 4.79 Å². The quantitative estimate of drug-likeness (QED) is 0.821. The summed E-state index contributed by atoms with van der Waals surface area (Å²) in [6, 6.07) is 0.0616. The first-order valence-corrected chi connectivity index (χ1v) is 8.76. The van der Waals surface area contributed by atoms with Crippen LogP contribution in [0.1, 0.15) is 30.0 Å². The molecule has 0 radical (unpaired) electrons. The summed E-state index contributed by atoms with van der Waals surface area (Å²) in [4.78, 5) is 21.4. The number of carbonyl (C=O) groups excluding carboxylic acids is 1. The SMILES string of the molecule is Cc1nc(CN2CCN(C(=O)C3CCCCN3)CC2)cs1.Cl.Cl.Cl. The van der Waals surface area contributed by atoms with Gasteiger partial charge in [-0.2, -0.15) is 0 Å². The molecule has 0 aliphatic carbocycles. The van der Waals surface area contributed by atoms with Gasteiger partial charge < -0.3 is 10.2 Å². The van der Waals surface area contributed by atoms with Gasteiger partial charge in [-0.1, -0.05) is 6.42 Å². The molecule has 0 spiro atoms. The fourth-order valence-corrected chi connectivity index (χ4v) is 3.72. The van der Waals surface area contributed by atoms with Crippen LogP contribution in [0.4, 0.5) is 0 Å². The van der Waals surface area contributed by atoms with Crippen LogP contribution in [-0.2, 0) is 11.3 Å². The van der Waals surface area contributed by atoms with Crippen LogP contribution in [0.5, 0.6) is 0 Å². The minimum absolute atomic E-state index is 0. The molecule has 0 saturated carbocycles. The van der Waals surface area contributed by atoms with Gasteiger partial charge in [0.25, 0.3) is 0 Å². The third-order valence-electron chi connectivity index (χ3n) is 4.34. The topological polar surface area (TPSA) is 48.5 Å². The Bertz CT molecular complexity index is 489. The first kappa shape index (κ1) is 23.9. The summed E-state index contributed by atoms with van der Waals surface area (Å²) in [6.45, 7) is 7.54. The molecule has 3 rings (SSSR count). The van der Waals surface area contributed by atoms with Crippen LogP contribution in [-0.4, -0.2) is 59.5 Å². The van der Waals surface area contributed by atoms with E-state index in [0.29, 0.717) is 5.91 Å². The number of aromatic nitrogens is 1. The van der Waals surface area contributed by atoms with Gasteiger partial charge in [0.2, 0.25) is 5.91 Å². The van der Waals surface area contributed by atoms with Crippen molar-refractivity contribution in [1.82, 2.24) is 20.1 Å². The lowest BCUT2D eigenvalue weighted by atomic mass is 10.0. The zero-order valence-corrected chi connectivity index (χ0v) is 17.2. The van der Waals surface area contributed by atoms with Gasteiger partial charge in [0.05, 0.1) is 16.7 Å². The van der Waals surface area contributed by atoms with Crippen molar-refractivity contribution in [3.63, 3.8) is 0 Å². The highest BCUT2D eigenvalue weighted by Crippen LogP contribution is 2.14. The number of hydrogen-bond acceptors (Lipinski definition) is 5. The maximum atomic E-state index is 12.5. The molecule has 5 nitrogen and oxygen atoms in total. The van der Waals surface area contributed by atoms with Gasteiger partial charge in [-0.25, -0.2) is 4.98 Å². The molecule has 1 N–H and O–H groups in total. The van der Waals surface area contributed by atoms with E-state index in [4.69, 9.17) is 0 Å². The number of thiazole rings is 1. The summed E-state index contributed by atoms with van der Waals surface area (Å²) in [5.41, 5.74) is 1.16. The number of nitrogens with one attached hydrogen (secondary N) is 1. The number of amides is 1. The molecule has 2 aliphatic rings. The van der Waals surface area contributed by atoms with Crippen LogP contribution in [0.2, 0.25) is 0 Å². The minimum atomic E-state index is 0. The highest BCUT2D eigenvalue weighted by Gasteiger charge is 2.28. The summed E-state index contributed by atoms with van der Waals surface area (Å²) in [6.07, 6.45) is 3.37. The standard InChI is InChI=1S/C15H24N4OS.3ClH/c1-12-17-13(11-21-12)10-18-6-8-19(9-7-18)15(20)14-4-2-3-5-16-14;;;/h11,14,16H,2-10H2,1H3;3*1H. The van der Waals surface area contributed by atoms with Crippen molar-refractivity contribution in [3.8, 4) is 0 Å². The summed E-state index contributed by atoms with van der Waals surface area (Å²) in [5.74, 6) is 0.304. The molecule has 1 unspecified atom stereocenters. The number of halogens is 3. The minimum Gasteiger partial charge on any atom is -0.339 e. The van der Waals surface area contributed by atoms with Crippen molar-refractivity contribution in [2.75, 3.05) is 32.7 Å². The largest absolute Gasteiger partial charge is 0.339 e. The zero-order valence-electron chi connectivity index (χ0n) is 13.9. The summed E-state index contributed by atoms with van der Waals surface area (Å²) in [7, 11) is 0. The summed E-state index contributed by atoms with van der Waals surface area (Å²) >= 11 is 1.71. The van der Waals surface area contributed by atoms with E-state index in [2.05, 4.69) is 20.6 Å². The van der Waals surface area contributed by atoms with Crippen molar-refractivity contribution >= 4 is 54.5 Å². The fraction of sp³-hybridized carbons (Fsp3) is 0.733. The van der Waals surface area contributed by atoms with E-state index in [-0.39, 0.29) is 43.3 Å². The van der Waals surface area contributed by atoms with Crippen molar-refractivity contribution in [2.24, 2.45) is 0 Å². The molecule has 1 aromatic heterocycles. The molecule has 1 amide bonds. The Balaban J connectivity index is 0.00000176. The van der Waals surface area contributed by atoms with E-state index in [1.54, 1.807) is 11.3 Å². The predicted molar refractivity (Wildman–Crippen MR) is 106 cm³/mol. The van der Waals surface area contributed by atoms with Crippen LogP contribution < -0.4 is 5.32 Å². The second-order valence-corrected chi connectivity index (χ2v) is 7.02. The molecule has 0 bridgehead atoms. The summed E-state index contributed by atoms with van der Waals surface area (Å²) < 4.78 is 0. The first-order chi connectivity index (χ1) is 10.2. The molecule has 2 fully saturated rings. The van der Waals surface area contributed by atoms with Gasteiger partial charge in [0, 0.05) is 38.1 Å². The van der Waals surface area contributed by atoms with Crippen molar-refractivity contribution in [3.05, 3.63) is 16.1 Å². The van der Waals surface area contributed by atoms with Crippen molar-refractivity contribution < 1.29 is 4.79 Å². The predicted octanol–water partition coefficient (Wildman–Crippen LogP) is 2.50. The zero-order chi connectivity index (χ0) is 14.7. The number of aryl methyl sites for hydroxylation is 1. The summed E-state index contributed by atoms with van der Waals surface area (Å²) in [5, 5.41) is 6.62. The molecule has 2 aliphatic heterocycles. The smallest absolute Gasteiger partial charge is 0.239 e. The molecule has 1 atom stereocenters. The van der Waals surface area contributed by atoms with Crippen molar-refractivity contribution in [1.29, 1.82) is 0 Å². The Kier molecular flexibility index (Phi) is 11.4. The van der Waals surface area contributed by atoms with E-state index >= 15 is 0 Å². The lowest BCUT2D eigenvalue weighted by molar-refractivity contribution is -0.135. The maximum absolute atomic E-state index is 12.5. The third kappa shape index (κ3) is 6.32. The Morgan fingerprint density at radius 1 is 1.25 bits per heavy atom. The van der Waals surface area contributed by atoms with E-state index in [1.165, 1.54) is 12.8 Å². The van der Waals surface area contributed by atoms with E-state index < -0.39 is 0 Å². The molecular weight excluding hydrogens is 391 g/mol. The number of piperazine rings is 1. The maximum Gasteiger partial charge on any atom is 0.239 e. The van der Waals surface area contributed by atoms with Crippen LogP contribution in [0.25, 0.3) is 0 Å². The average Bonchev–Trinajstić information content (AvgIpc) is 2.93. The van der Waals surface area contributed by atoms with Crippen LogP contribution >= 0.6 is 48.6 Å². The molecule has 9 heteroatoms. The van der Waals surface area contributed by atoms with Crippen molar-refractivity contribution in [2.45, 2.75) is 38.8 Å². The molecular formula is C15H27Cl3N4OS. The number of rotatable bonds is 3. The van der Waals surface area contributed by atoms with Crippen LogP contribution in [0.15, 0.2) is 5.38 Å². The van der Waals surface area contributed by atoms with Gasteiger partial charge in [-0.15, -0.1) is 48.6 Å². The van der Waals surface area contributed by atoms with Gasteiger partial charge in [-0.3, -0.25) is 9.69 Å². The molecule has 24 heavy (non-hydrogen) atoms. The number of piperidine rings is 1. The highest BCUT2D eigenvalue weighted by molar-refractivity contribution is 7.09. The lowest BCUT2D eigenvalue weighted by Gasteiger charge is -2.37. The van der Waals surface area contributed by atoms with E-state index in [0.717, 1.165) is 56.4 Å².